The molecular formula is C62H42N4O. The van der Waals surface area contributed by atoms with Crippen molar-refractivity contribution in [1.82, 2.24) is 9.13 Å². The first-order valence-electron chi connectivity index (χ1n) is 23.3. The highest BCUT2D eigenvalue weighted by atomic mass is 16.3. The van der Waals surface area contributed by atoms with Gasteiger partial charge < -0.3 is 13.6 Å². The monoisotopic (exact) mass is 858 g/mol. The van der Waals surface area contributed by atoms with Crippen molar-refractivity contribution in [2.45, 2.75) is 19.4 Å². The largest absolute Gasteiger partial charge is 0.455 e. The third-order valence-electron chi connectivity index (χ3n) is 14.3. The highest BCUT2D eigenvalue weighted by Crippen LogP contribution is 2.45. The fourth-order valence-electron chi connectivity index (χ4n) is 11.3. The maximum absolute atomic E-state index is 7.16. The van der Waals surface area contributed by atoms with Crippen molar-refractivity contribution < 1.29 is 4.42 Å². The number of aliphatic imine (C=N–C) groups is 2. The van der Waals surface area contributed by atoms with Gasteiger partial charge in [0.05, 0.1) is 44.9 Å². The molecule has 14 rings (SSSR count). The predicted octanol–water partition coefficient (Wildman–Crippen LogP) is 16.1. The van der Waals surface area contributed by atoms with Crippen LogP contribution in [0.25, 0.3) is 98.5 Å². The first-order chi connectivity index (χ1) is 33.2. The lowest BCUT2D eigenvalue weighted by Gasteiger charge is -2.30. The van der Waals surface area contributed by atoms with Gasteiger partial charge in [-0.25, -0.2) is 4.99 Å². The lowest BCUT2D eigenvalue weighted by Crippen LogP contribution is -2.28. The van der Waals surface area contributed by atoms with Gasteiger partial charge in [0, 0.05) is 49.7 Å². The van der Waals surface area contributed by atoms with Gasteiger partial charge in [0.25, 0.3) is 0 Å². The standard InChI is InChI=1S/C62H42N4O/c1-2-43-58(39-19-5-3-6-20-39)63-62(49-29-17-28-46-45-26-13-15-30-51(45)65(60(46)49)42-23-7-4-8-24-42)64-59(43)48-33-35-53(57-47-27-14-16-31-55(47)67-61(48)57)66-52-34-32-38-18-11-12-25-44(38)56(52)50-36-40-21-9-10-22-41(40)37-54(50)66/h3-37,43,58H,2H2,1H3. The van der Waals surface area contributed by atoms with Crippen molar-refractivity contribution in [3.05, 3.63) is 229 Å². The summed E-state index contributed by atoms with van der Waals surface area (Å²) < 4.78 is 12.0. The minimum Gasteiger partial charge on any atom is -0.455 e. The molecule has 3 aromatic heterocycles. The summed E-state index contributed by atoms with van der Waals surface area (Å²) in [7, 11) is 0. The molecule has 1 aliphatic rings. The van der Waals surface area contributed by atoms with Gasteiger partial charge in [-0.3, -0.25) is 4.99 Å². The summed E-state index contributed by atoms with van der Waals surface area (Å²) in [5.74, 6) is 0.687. The average Bonchev–Trinajstić information content (AvgIpc) is 4.06. The van der Waals surface area contributed by atoms with Gasteiger partial charge in [0.1, 0.15) is 11.2 Å². The number of furan rings is 1. The molecule has 0 bridgehead atoms. The molecule has 316 valence electrons. The summed E-state index contributed by atoms with van der Waals surface area (Å²) in [5.41, 5.74) is 12.5. The summed E-state index contributed by atoms with van der Waals surface area (Å²) in [6, 6.07) is 76.3. The van der Waals surface area contributed by atoms with E-state index in [0.29, 0.717) is 5.84 Å². The number of fused-ring (bicyclic) bond motifs is 12. The van der Waals surface area contributed by atoms with Crippen LogP contribution in [0, 0.1) is 5.92 Å². The Morgan fingerprint density at radius 1 is 0.478 bits per heavy atom. The summed E-state index contributed by atoms with van der Waals surface area (Å²) in [5, 5.41) is 11.9. The third kappa shape index (κ3) is 5.61. The molecule has 5 nitrogen and oxygen atoms in total. The lowest BCUT2D eigenvalue weighted by atomic mass is 9.82. The van der Waals surface area contributed by atoms with Crippen molar-refractivity contribution in [2.24, 2.45) is 15.9 Å². The van der Waals surface area contributed by atoms with Gasteiger partial charge in [0.2, 0.25) is 0 Å². The minimum absolute atomic E-state index is 0.0291. The van der Waals surface area contributed by atoms with Crippen molar-refractivity contribution in [2.75, 3.05) is 0 Å². The van der Waals surface area contributed by atoms with Crippen molar-refractivity contribution in [3.63, 3.8) is 0 Å². The third-order valence-corrected chi connectivity index (χ3v) is 14.3. The maximum Gasteiger partial charge on any atom is 0.157 e. The molecule has 0 spiro atoms. The van der Waals surface area contributed by atoms with E-state index in [2.05, 4.69) is 228 Å². The second kappa shape index (κ2) is 14.7. The molecule has 0 amide bonds. The fraction of sp³-hybridized carbons (Fsp3) is 0.0645. The van der Waals surface area contributed by atoms with Crippen molar-refractivity contribution in [1.29, 1.82) is 0 Å². The Morgan fingerprint density at radius 2 is 1.16 bits per heavy atom. The Hall–Kier alpha value is -8.54. The number of aromatic nitrogens is 2. The number of hydrogen-bond acceptors (Lipinski definition) is 3. The minimum atomic E-state index is -0.184. The van der Waals surface area contributed by atoms with Crippen LogP contribution in [0.1, 0.15) is 36.1 Å². The van der Waals surface area contributed by atoms with E-state index in [1.165, 1.54) is 43.1 Å². The van der Waals surface area contributed by atoms with Crippen LogP contribution in [0.4, 0.5) is 0 Å². The number of para-hydroxylation sites is 4. The summed E-state index contributed by atoms with van der Waals surface area (Å²) in [4.78, 5) is 11.5. The van der Waals surface area contributed by atoms with Gasteiger partial charge in [0.15, 0.2) is 5.84 Å². The number of benzene rings is 10. The van der Waals surface area contributed by atoms with Crippen LogP contribution in [-0.2, 0) is 0 Å². The first-order valence-corrected chi connectivity index (χ1v) is 23.3. The van der Waals surface area contributed by atoms with Gasteiger partial charge in [-0.15, -0.1) is 0 Å². The van der Waals surface area contributed by atoms with E-state index < -0.39 is 0 Å². The highest BCUT2D eigenvalue weighted by molar-refractivity contribution is 6.27. The molecule has 67 heavy (non-hydrogen) atoms. The molecular weight excluding hydrogens is 817 g/mol. The number of rotatable bonds is 6. The van der Waals surface area contributed by atoms with Crippen LogP contribution in [0.5, 0.6) is 0 Å². The second-order valence-corrected chi connectivity index (χ2v) is 17.9. The van der Waals surface area contributed by atoms with Crippen LogP contribution in [0.15, 0.2) is 227 Å². The van der Waals surface area contributed by atoms with Crippen LogP contribution < -0.4 is 0 Å². The Kier molecular flexibility index (Phi) is 8.32. The van der Waals surface area contributed by atoms with E-state index in [0.717, 1.165) is 84.2 Å². The zero-order valence-electron chi connectivity index (χ0n) is 36.8. The number of amidine groups is 1. The van der Waals surface area contributed by atoms with Gasteiger partial charge in [-0.1, -0.05) is 159 Å². The molecule has 0 saturated heterocycles. The van der Waals surface area contributed by atoms with E-state index in [9.17, 15) is 0 Å². The smallest absolute Gasteiger partial charge is 0.157 e. The predicted molar refractivity (Wildman–Crippen MR) is 280 cm³/mol. The Labute approximate surface area is 386 Å². The Balaban J connectivity index is 1.07. The van der Waals surface area contributed by atoms with Crippen LogP contribution in [0.2, 0.25) is 0 Å². The summed E-state index contributed by atoms with van der Waals surface area (Å²) in [6.45, 7) is 2.27. The molecule has 2 unspecified atom stereocenters. The lowest BCUT2D eigenvalue weighted by molar-refractivity contribution is 0.532. The Morgan fingerprint density at radius 3 is 1.99 bits per heavy atom. The number of hydrogen-bond donors (Lipinski definition) is 0. The van der Waals surface area contributed by atoms with Crippen molar-refractivity contribution >= 4 is 98.6 Å². The zero-order chi connectivity index (χ0) is 44.2. The first kappa shape index (κ1) is 37.8. The maximum atomic E-state index is 7.16. The van der Waals surface area contributed by atoms with E-state index in [1.54, 1.807) is 0 Å². The Bertz CT molecular complexity index is 4210. The fourth-order valence-corrected chi connectivity index (χ4v) is 11.3. The topological polar surface area (TPSA) is 47.7 Å². The average molecular weight is 859 g/mol. The highest BCUT2D eigenvalue weighted by Gasteiger charge is 2.35. The quantitative estimate of drug-likeness (QED) is 0.164. The molecule has 0 fully saturated rings. The van der Waals surface area contributed by atoms with Crippen LogP contribution >= 0.6 is 0 Å². The number of nitrogens with zero attached hydrogens (tertiary/aromatic N) is 4. The van der Waals surface area contributed by atoms with Gasteiger partial charge >= 0.3 is 0 Å². The van der Waals surface area contributed by atoms with E-state index in [4.69, 9.17) is 14.4 Å². The van der Waals surface area contributed by atoms with Gasteiger partial charge in [-0.2, -0.15) is 0 Å². The van der Waals surface area contributed by atoms with Crippen molar-refractivity contribution in [3.8, 4) is 11.4 Å². The molecule has 0 saturated carbocycles. The zero-order valence-corrected chi connectivity index (χ0v) is 36.8. The molecule has 0 radical (unpaired) electrons. The molecule has 0 aliphatic carbocycles. The second-order valence-electron chi connectivity index (χ2n) is 17.9. The molecule has 4 heterocycles. The molecule has 2 atom stereocenters. The molecule has 1 aliphatic heterocycles. The summed E-state index contributed by atoms with van der Waals surface area (Å²) in [6.07, 6.45) is 0.833. The van der Waals surface area contributed by atoms with E-state index in [-0.39, 0.29) is 12.0 Å². The van der Waals surface area contributed by atoms with Gasteiger partial charge in [-0.05, 0) is 94.2 Å². The van der Waals surface area contributed by atoms with E-state index >= 15 is 0 Å². The summed E-state index contributed by atoms with van der Waals surface area (Å²) >= 11 is 0. The van der Waals surface area contributed by atoms with Crippen LogP contribution in [0.3, 0.4) is 0 Å². The molecule has 10 aromatic carbocycles. The molecule has 5 heteroatoms. The molecule has 13 aromatic rings. The van der Waals surface area contributed by atoms with Crippen LogP contribution in [-0.4, -0.2) is 20.7 Å². The molecule has 0 N–H and O–H groups in total. The SMILES string of the molecule is CCC1C(c2ccc(-n3c4cc5ccccc5cc4c4c5ccccc5ccc43)c3c2oc2ccccc23)=NC(c2cccc3c4ccccc4n(-c4ccccc4)c23)=NC1c1ccccc1. The normalized spacial score (nSPS) is 15.5. The van der Waals surface area contributed by atoms with E-state index in [1.807, 2.05) is 0 Å².